The maximum atomic E-state index is 11.8. The van der Waals surface area contributed by atoms with Crippen LogP contribution in [-0.2, 0) is 4.74 Å². The lowest BCUT2D eigenvalue weighted by molar-refractivity contribution is 0.0376. The summed E-state index contributed by atoms with van der Waals surface area (Å²) >= 11 is 0. The molecule has 15 heavy (non-hydrogen) atoms. The summed E-state index contributed by atoms with van der Waals surface area (Å²) in [7, 11) is 0. The fourth-order valence-electron chi connectivity index (χ4n) is 1.54. The Morgan fingerprint density at radius 1 is 1.13 bits per heavy atom. The van der Waals surface area contributed by atoms with Crippen molar-refractivity contribution in [2.75, 3.05) is 0 Å². The van der Waals surface area contributed by atoms with Crippen molar-refractivity contribution in [2.24, 2.45) is 0 Å². The van der Waals surface area contributed by atoms with Gasteiger partial charge in [0.15, 0.2) is 0 Å². The molecule has 0 amide bonds. The van der Waals surface area contributed by atoms with Gasteiger partial charge in [-0.1, -0.05) is 12.1 Å². The first-order valence-corrected chi connectivity index (χ1v) is 5.21. The summed E-state index contributed by atoms with van der Waals surface area (Å²) in [4.78, 5) is 11.8. The molecule has 2 nitrogen and oxygen atoms in total. The molecule has 0 aliphatic rings. The summed E-state index contributed by atoms with van der Waals surface area (Å²) in [6, 6.07) is 3.98. The highest BCUT2D eigenvalue weighted by atomic mass is 16.5. The minimum absolute atomic E-state index is 0.0724. The molecule has 0 heterocycles. The van der Waals surface area contributed by atoms with E-state index in [1.54, 1.807) is 0 Å². The SMILES string of the molecule is Cc1ccc(C)c(C(=O)OC(C)C)c1C. The number of esters is 1. The van der Waals surface area contributed by atoms with Gasteiger partial charge in [0.05, 0.1) is 11.7 Å². The number of ether oxygens (including phenoxy) is 1. The second kappa shape index (κ2) is 4.47. The summed E-state index contributed by atoms with van der Waals surface area (Å²) in [5.74, 6) is -0.219. The van der Waals surface area contributed by atoms with Crippen molar-refractivity contribution in [1.29, 1.82) is 0 Å². The Kier molecular flexibility index (Phi) is 3.51. The molecule has 0 bridgehead atoms. The van der Waals surface area contributed by atoms with Gasteiger partial charge in [0, 0.05) is 0 Å². The van der Waals surface area contributed by atoms with Gasteiger partial charge >= 0.3 is 5.97 Å². The molecule has 0 saturated carbocycles. The standard InChI is InChI=1S/C13H18O2/c1-8(2)15-13(14)12-10(4)7-6-9(3)11(12)5/h6-8H,1-5H3. The topological polar surface area (TPSA) is 26.3 Å². The number of aryl methyl sites for hydroxylation is 2. The lowest BCUT2D eigenvalue weighted by Crippen LogP contribution is -2.14. The Morgan fingerprint density at radius 3 is 2.20 bits per heavy atom. The van der Waals surface area contributed by atoms with Crippen LogP contribution >= 0.6 is 0 Å². The molecule has 0 radical (unpaired) electrons. The molecule has 0 N–H and O–H groups in total. The summed E-state index contributed by atoms with van der Waals surface area (Å²) in [5, 5.41) is 0. The van der Waals surface area contributed by atoms with Crippen LogP contribution in [0.15, 0.2) is 12.1 Å². The molecular formula is C13H18O2. The van der Waals surface area contributed by atoms with Crippen LogP contribution in [0.3, 0.4) is 0 Å². The summed E-state index contributed by atoms with van der Waals surface area (Å²) in [6.07, 6.45) is -0.0724. The average Bonchev–Trinajstić information content (AvgIpc) is 2.11. The van der Waals surface area contributed by atoms with E-state index < -0.39 is 0 Å². The molecule has 0 fully saturated rings. The van der Waals surface area contributed by atoms with Crippen LogP contribution in [-0.4, -0.2) is 12.1 Å². The normalized spacial score (nSPS) is 10.5. The van der Waals surface area contributed by atoms with Gasteiger partial charge in [-0.3, -0.25) is 0 Å². The monoisotopic (exact) mass is 206 g/mol. The van der Waals surface area contributed by atoms with Crippen molar-refractivity contribution in [3.63, 3.8) is 0 Å². The van der Waals surface area contributed by atoms with Crippen LogP contribution in [0.5, 0.6) is 0 Å². The van der Waals surface area contributed by atoms with Crippen LogP contribution < -0.4 is 0 Å². The van der Waals surface area contributed by atoms with E-state index in [9.17, 15) is 4.79 Å². The molecule has 0 spiro atoms. The maximum absolute atomic E-state index is 11.8. The van der Waals surface area contributed by atoms with Crippen LogP contribution in [0.2, 0.25) is 0 Å². The van der Waals surface area contributed by atoms with E-state index in [1.165, 1.54) is 0 Å². The van der Waals surface area contributed by atoms with Gasteiger partial charge in [0.1, 0.15) is 0 Å². The van der Waals surface area contributed by atoms with Gasteiger partial charge in [-0.05, 0) is 51.3 Å². The number of benzene rings is 1. The smallest absolute Gasteiger partial charge is 0.338 e. The third kappa shape index (κ3) is 2.58. The van der Waals surface area contributed by atoms with E-state index in [2.05, 4.69) is 0 Å². The van der Waals surface area contributed by atoms with Crippen LogP contribution in [0.1, 0.15) is 40.9 Å². The zero-order valence-corrected chi connectivity index (χ0v) is 10.0. The molecule has 0 unspecified atom stereocenters. The molecule has 0 aliphatic carbocycles. The van der Waals surface area contributed by atoms with Crippen LogP contribution in [0.4, 0.5) is 0 Å². The van der Waals surface area contributed by atoms with Crippen molar-refractivity contribution >= 4 is 5.97 Å². The lowest BCUT2D eigenvalue weighted by Gasteiger charge is -2.13. The van der Waals surface area contributed by atoms with Crippen LogP contribution in [0, 0.1) is 20.8 Å². The fourth-order valence-corrected chi connectivity index (χ4v) is 1.54. The molecule has 1 aromatic rings. The maximum Gasteiger partial charge on any atom is 0.338 e. The molecule has 1 rings (SSSR count). The Bertz CT molecular complexity index is 378. The Labute approximate surface area is 91.3 Å². The van der Waals surface area contributed by atoms with Gasteiger partial charge < -0.3 is 4.74 Å². The first-order chi connectivity index (χ1) is 6.93. The number of rotatable bonds is 2. The Balaban J connectivity index is 3.13. The van der Waals surface area contributed by atoms with Gasteiger partial charge in [0.25, 0.3) is 0 Å². The van der Waals surface area contributed by atoms with Crippen LogP contribution in [0.25, 0.3) is 0 Å². The van der Waals surface area contributed by atoms with E-state index in [4.69, 9.17) is 4.74 Å². The minimum Gasteiger partial charge on any atom is -0.459 e. The van der Waals surface area contributed by atoms with Crippen molar-refractivity contribution in [2.45, 2.75) is 40.7 Å². The summed E-state index contributed by atoms with van der Waals surface area (Å²) in [6.45, 7) is 9.61. The molecule has 1 aromatic carbocycles. The van der Waals surface area contributed by atoms with Crippen molar-refractivity contribution in [3.8, 4) is 0 Å². The van der Waals surface area contributed by atoms with Crippen molar-refractivity contribution in [1.82, 2.24) is 0 Å². The number of hydrogen-bond acceptors (Lipinski definition) is 2. The molecule has 0 aromatic heterocycles. The Morgan fingerprint density at radius 2 is 1.67 bits per heavy atom. The summed E-state index contributed by atoms with van der Waals surface area (Å²) < 4.78 is 5.21. The van der Waals surface area contributed by atoms with E-state index in [-0.39, 0.29) is 12.1 Å². The van der Waals surface area contributed by atoms with E-state index in [0.717, 1.165) is 16.7 Å². The Hall–Kier alpha value is -1.31. The molecule has 0 atom stereocenters. The predicted molar refractivity (Wildman–Crippen MR) is 61.2 cm³/mol. The van der Waals surface area contributed by atoms with E-state index in [1.807, 2.05) is 46.8 Å². The fraction of sp³-hybridized carbons (Fsp3) is 0.462. The molecule has 2 heteroatoms. The second-order valence-corrected chi connectivity index (χ2v) is 4.15. The zero-order chi connectivity index (χ0) is 11.6. The lowest BCUT2D eigenvalue weighted by atomic mass is 9.98. The average molecular weight is 206 g/mol. The number of hydrogen-bond donors (Lipinski definition) is 0. The quantitative estimate of drug-likeness (QED) is 0.695. The first-order valence-electron chi connectivity index (χ1n) is 5.21. The van der Waals surface area contributed by atoms with Gasteiger partial charge in [-0.2, -0.15) is 0 Å². The highest BCUT2D eigenvalue weighted by Gasteiger charge is 2.15. The summed E-state index contributed by atoms with van der Waals surface area (Å²) in [5.41, 5.74) is 3.82. The second-order valence-electron chi connectivity index (χ2n) is 4.15. The molecule has 82 valence electrons. The predicted octanol–water partition coefficient (Wildman–Crippen LogP) is 3.18. The van der Waals surface area contributed by atoms with Gasteiger partial charge in [-0.15, -0.1) is 0 Å². The third-order valence-electron chi connectivity index (χ3n) is 2.49. The molecular weight excluding hydrogens is 188 g/mol. The third-order valence-corrected chi connectivity index (χ3v) is 2.49. The molecule has 0 aliphatic heterocycles. The van der Waals surface area contributed by atoms with Crippen molar-refractivity contribution in [3.05, 3.63) is 34.4 Å². The van der Waals surface area contributed by atoms with Gasteiger partial charge in [0.2, 0.25) is 0 Å². The highest BCUT2D eigenvalue weighted by molar-refractivity contribution is 5.93. The largest absolute Gasteiger partial charge is 0.459 e. The minimum atomic E-state index is -0.219. The number of carbonyl (C=O) groups is 1. The number of carbonyl (C=O) groups excluding carboxylic acids is 1. The zero-order valence-electron chi connectivity index (χ0n) is 10.0. The van der Waals surface area contributed by atoms with Crippen molar-refractivity contribution < 1.29 is 9.53 Å². The van der Waals surface area contributed by atoms with Gasteiger partial charge in [-0.25, -0.2) is 4.79 Å². The van der Waals surface area contributed by atoms with E-state index in [0.29, 0.717) is 5.56 Å². The van der Waals surface area contributed by atoms with E-state index >= 15 is 0 Å². The highest BCUT2D eigenvalue weighted by Crippen LogP contribution is 2.19. The first kappa shape index (κ1) is 11.8. The molecule has 0 saturated heterocycles.